The molecule has 1 aliphatic rings. The number of nitrogens with zero attached hydrogens (tertiary/aromatic N) is 1. The molecule has 2 aromatic rings. The van der Waals surface area contributed by atoms with Gasteiger partial charge in [0.2, 0.25) is 11.8 Å². The molecule has 0 aromatic heterocycles. The molecule has 1 heterocycles. The van der Waals surface area contributed by atoms with Crippen LogP contribution < -0.4 is 20.3 Å². The summed E-state index contributed by atoms with van der Waals surface area (Å²) in [7, 11) is 1.56. The Morgan fingerprint density at radius 3 is 2.44 bits per heavy atom. The zero-order valence-corrected chi connectivity index (χ0v) is 18.1. The predicted molar refractivity (Wildman–Crippen MR) is 116 cm³/mol. The van der Waals surface area contributed by atoms with Crippen LogP contribution in [0, 0.1) is 5.92 Å². The second-order valence-corrected chi connectivity index (χ2v) is 7.97. The molecule has 0 saturated carbocycles. The molecule has 0 spiro atoms. The molecule has 2 amide bonds. The smallest absolute Gasteiger partial charge is 0.409 e. The van der Waals surface area contributed by atoms with Gasteiger partial charge in [0.1, 0.15) is 11.8 Å². The quantitative estimate of drug-likeness (QED) is 0.691. The van der Waals surface area contributed by atoms with Gasteiger partial charge in [-0.05, 0) is 35.7 Å². The van der Waals surface area contributed by atoms with Gasteiger partial charge in [-0.25, -0.2) is 0 Å². The highest BCUT2D eigenvalue weighted by molar-refractivity contribution is 6.05. The lowest BCUT2D eigenvalue weighted by Gasteiger charge is -2.32. The monoisotopic (exact) mass is 449 g/mol. The lowest BCUT2D eigenvalue weighted by atomic mass is 9.96. The number of alkyl halides is 3. The molecule has 0 radical (unpaired) electrons. The summed E-state index contributed by atoms with van der Waals surface area (Å²) in [5, 5.41) is 5.56. The highest BCUT2D eigenvalue weighted by atomic mass is 19.4. The zero-order valence-electron chi connectivity index (χ0n) is 18.1. The first kappa shape index (κ1) is 23.6. The fraction of sp³-hybridized carbons (Fsp3) is 0.391. The summed E-state index contributed by atoms with van der Waals surface area (Å²) in [6.07, 6.45) is -5.63. The summed E-state index contributed by atoms with van der Waals surface area (Å²) in [5.74, 6) is -0.815. The van der Waals surface area contributed by atoms with Crippen molar-refractivity contribution in [1.82, 2.24) is 5.32 Å². The maximum absolute atomic E-state index is 13.9. The molecule has 6 nitrogen and oxygen atoms in total. The first-order valence-corrected chi connectivity index (χ1v) is 10.3. The Kier molecular flexibility index (Phi) is 7.08. The molecule has 2 aromatic carbocycles. The Labute approximate surface area is 184 Å². The minimum atomic E-state index is -4.77. The summed E-state index contributed by atoms with van der Waals surface area (Å²) in [4.78, 5) is 25.9. The van der Waals surface area contributed by atoms with E-state index in [1.807, 2.05) is 26.0 Å². The van der Waals surface area contributed by atoms with Crippen LogP contribution in [0.1, 0.15) is 31.9 Å². The molecule has 9 heteroatoms. The number of halogens is 3. The fourth-order valence-electron chi connectivity index (χ4n) is 3.83. The van der Waals surface area contributed by atoms with E-state index in [9.17, 15) is 22.8 Å². The van der Waals surface area contributed by atoms with E-state index in [4.69, 9.17) is 4.74 Å². The van der Waals surface area contributed by atoms with Crippen molar-refractivity contribution < 1.29 is 27.5 Å². The average Bonchev–Trinajstić information content (AvgIpc) is 2.89. The summed E-state index contributed by atoms with van der Waals surface area (Å²) >= 11 is 0. The first-order valence-electron chi connectivity index (χ1n) is 10.3. The molecule has 0 fully saturated rings. The van der Waals surface area contributed by atoms with E-state index in [0.29, 0.717) is 10.6 Å². The average molecular weight is 449 g/mol. The van der Waals surface area contributed by atoms with Gasteiger partial charge in [0, 0.05) is 6.04 Å². The van der Waals surface area contributed by atoms with Crippen LogP contribution in [0.15, 0.2) is 48.5 Å². The molecular weight excluding hydrogens is 423 g/mol. The van der Waals surface area contributed by atoms with Gasteiger partial charge in [-0.2, -0.15) is 13.2 Å². The standard InChI is InChI=1S/C23H26F3N3O3/c1-14(2)22(15-8-10-16(32-3)11-9-15)27-13-21(31)29-18-7-5-4-6-17(18)28-20(30)12-19(29)23(24,25)26/h4-11,14,19,22,27H,12-13H2,1-3H3,(H,28,30). The zero-order chi connectivity index (χ0) is 23.5. The van der Waals surface area contributed by atoms with Crippen LogP contribution in [-0.2, 0) is 9.59 Å². The largest absolute Gasteiger partial charge is 0.497 e. The second kappa shape index (κ2) is 9.60. The fourth-order valence-corrected chi connectivity index (χ4v) is 3.83. The molecule has 32 heavy (non-hydrogen) atoms. The number of para-hydroxylation sites is 2. The van der Waals surface area contributed by atoms with Gasteiger partial charge in [0.05, 0.1) is 31.5 Å². The third-order valence-corrected chi connectivity index (χ3v) is 5.39. The molecule has 0 aliphatic carbocycles. The summed E-state index contributed by atoms with van der Waals surface area (Å²) < 4.78 is 46.7. The Morgan fingerprint density at radius 1 is 1.19 bits per heavy atom. The number of fused-ring (bicyclic) bond motifs is 1. The Hall–Kier alpha value is -3.07. The maximum atomic E-state index is 13.9. The third kappa shape index (κ3) is 5.21. The van der Waals surface area contributed by atoms with Crippen molar-refractivity contribution in [3.05, 3.63) is 54.1 Å². The lowest BCUT2D eigenvalue weighted by Crippen LogP contribution is -2.52. The molecule has 172 valence electrons. The predicted octanol–water partition coefficient (Wildman–Crippen LogP) is 4.29. The Morgan fingerprint density at radius 2 is 1.84 bits per heavy atom. The van der Waals surface area contributed by atoms with Crippen LogP contribution in [0.3, 0.4) is 0 Å². The summed E-state index contributed by atoms with van der Waals surface area (Å²) in [6, 6.07) is 10.8. The van der Waals surface area contributed by atoms with Crippen LogP contribution >= 0.6 is 0 Å². The number of carbonyl (C=O) groups excluding carboxylic acids is 2. The van der Waals surface area contributed by atoms with E-state index in [-0.39, 0.29) is 29.9 Å². The Balaban J connectivity index is 1.88. The van der Waals surface area contributed by atoms with Gasteiger partial charge in [0.15, 0.2) is 0 Å². The van der Waals surface area contributed by atoms with Gasteiger partial charge in [-0.1, -0.05) is 38.1 Å². The lowest BCUT2D eigenvalue weighted by molar-refractivity contribution is -0.157. The van der Waals surface area contributed by atoms with Crippen molar-refractivity contribution in [2.24, 2.45) is 5.92 Å². The normalized spacial score (nSPS) is 17.4. The highest BCUT2D eigenvalue weighted by Gasteiger charge is 2.48. The summed E-state index contributed by atoms with van der Waals surface area (Å²) in [6.45, 7) is 3.58. The number of methoxy groups -OCH3 is 1. The van der Waals surface area contributed by atoms with Crippen molar-refractivity contribution in [3.63, 3.8) is 0 Å². The number of benzene rings is 2. The van der Waals surface area contributed by atoms with E-state index < -0.39 is 30.5 Å². The van der Waals surface area contributed by atoms with E-state index in [1.54, 1.807) is 25.3 Å². The van der Waals surface area contributed by atoms with Crippen molar-refractivity contribution in [2.75, 3.05) is 23.9 Å². The molecule has 0 bridgehead atoms. The number of hydrogen-bond donors (Lipinski definition) is 2. The highest BCUT2D eigenvalue weighted by Crippen LogP contribution is 2.37. The minimum Gasteiger partial charge on any atom is -0.497 e. The van der Waals surface area contributed by atoms with E-state index >= 15 is 0 Å². The van der Waals surface area contributed by atoms with Crippen molar-refractivity contribution in [3.8, 4) is 5.75 Å². The summed E-state index contributed by atoms with van der Waals surface area (Å²) in [5.41, 5.74) is 1.08. The van der Waals surface area contributed by atoms with Gasteiger partial charge in [0.25, 0.3) is 0 Å². The minimum absolute atomic E-state index is 0.0259. The first-order chi connectivity index (χ1) is 15.1. The SMILES string of the molecule is COc1ccc(C(NCC(=O)N2c3ccccc3NC(=O)CC2C(F)(F)F)C(C)C)cc1. The molecule has 2 N–H and O–H groups in total. The topological polar surface area (TPSA) is 70.7 Å². The number of nitrogens with one attached hydrogen (secondary N) is 2. The van der Waals surface area contributed by atoms with Gasteiger partial charge in [-0.3, -0.25) is 14.5 Å². The van der Waals surface area contributed by atoms with Crippen LogP contribution in [0.4, 0.5) is 24.5 Å². The maximum Gasteiger partial charge on any atom is 0.409 e. The number of amides is 2. The van der Waals surface area contributed by atoms with Crippen LogP contribution in [-0.4, -0.2) is 37.7 Å². The number of rotatable bonds is 6. The third-order valence-electron chi connectivity index (χ3n) is 5.39. The van der Waals surface area contributed by atoms with Crippen LogP contribution in [0.5, 0.6) is 5.75 Å². The van der Waals surface area contributed by atoms with Crippen molar-refractivity contribution in [1.29, 1.82) is 0 Å². The van der Waals surface area contributed by atoms with Crippen molar-refractivity contribution in [2.45, 2.75) is 38.5 Å². The number of ether oxygens (including phenoxy) is 1. The molecule has 0 saturated heterocycles. The second-order valence-electron chi connectivity index (χ2n) is 7.97. The molecule has 2 atom stereocenters. The van der Waals surface area contributed by atoms with Crippen LogP contribution in [0.25, 0.3) is 0 Å². The van der Waals surface area contributed by atoms with Crippen LogP contribution in [0.2, 0.25) is 0 Å². The Bertz CT molecular complexity index is 961. The molecule has 1 aliphatic heterocycles. The number of carbonyl (C=O) groups is 2. The molecule has 3 rings (SSSR count). The molecular formula is C23H26F3N3O3. The van der Waals surface area contributed by atoms with E-state index in [1.165, 1.54) is 18.2 Å². The number of anilines is 2. The number of hydrogen-bond acceptors (Lipinski definition) is 4. The van der Waals surface area contributed by atoms with Gasteiger partial charge < -0.3 is 15.4 Å². The molecule has 2 unspecified atom stereocenters. The van der Waals surface area contributed by atoms with Crippen molar-refractivity contribution >= 4 is 23.2 Å². The van der Waals surface area contributed by atoms with Gasteiger partial charge in [-0.15, -0.1) is 0 Å². The van der Waals surface area contributed by atoms with E-state index in [2.05, 4.69) is 10.6 Å². The van der Waals surface area contributed by atoms with E-state index in [0.717, 1.165) is 5.56 Å². The van der Waals surface area contributed by atoms with Gasteiger partial charge >= 0.3 is 6.18 Å².